The second-order valence-electron chi connectivity index (χ2n) is 3.21. The molecule has 1 aromatic carbocycles. The molecule has 0 radical (unpaired) electrons. The normalized spacial score (nSPS) is 12.5. The van der Waals surface area contributed by atoms with Crippen molar-refractivity contribution >= 4 is 12.4 Å². The second-order valence-corrected chi connectivity index (χ2v) is 3.21. The highest BCUT2D eigenvalue weighted by molar-refractivity contribution is 6.67. The molecule has 70 valence electrons. The molecule has 0 bridgehead atoms. The van der Waals surface area contributed by atoms with E-state index in [2.05, 4.69) is 0 Å². The van der Waals surface area contributed by atoms with Gasteiger partial charge in [-0.1, -0.05) is 43.7 Å². The Labute approximate surface area is 79.3 Å². The molecule has 0 heterocycles. The van der Waals surface area contributed by atoms with Gasteiger partial charge in [-0.2, -0.15) is 0 Å². The molecule has 0 saturated heterocycles. The van der Waals surface area contributed by atoms with Crippen LogP contribution in [0.1, 0.15) is 19.8 Å². The molecule has 0 saturated carbocycles. The van der Waals surface area contributed by atoms with Gasteiger partial charge < -0.3 is 10.1 Å². The third kappa shape index (κ3) is 2.86. The van der Waals surface area contributed by atoms with Crippen LogP contribution in [0, 0.1) is 0 Å². The molecule has 2 nitrogen and oxygen atoms in total. The summed E-state index contributed by atoms with van der Waals surface area (Å²) in [4.78, 5) is 0. The quantitative estimate of drug-likeness (QED) is 0.662. The third-order valence-corrected chi connectivity index (χ3v) is 2.09. The van der Waals surface area contributed by atoms with Crippen LogP contribution in [0.5, 0.6) is 0 Å². The van der Waals surface area contributed by atoms with Gasteiger partial charge in [0.25, 0.3) is 0 Å². The Hall–Kier alpha value is -0.795. The lowest BCUT2D eigenvalue weighted by atomic mass is 9.55. The Morgan fingerprint density at radius 3 is 2.46 bits per heavy atom. The summed E-state index contributed by atoms with van der Waals surface area (Å²) >= 11 is 0. The number of hydrogen-bond donors (Lipinski definition) is 2. The standard InChI is InChI=1S/C10H15BO2/c1-2-6-10(12)11(13)9-7-4-3-5-8-9/h3-5,7-8,10,12-13H,2,6H2,1H3. The first-order valence-electron chi connectivity index (χ1n) is 4.66. The van der Waals surface area contributed by atoms with Crippen molar-refractivity contribution in [1.82, 2.24) is 0 Å². The number of aliphatic hydroxyl groups is 1. The van der Waals surface area contributed by atoms with Crippen LogP contribution in [0.3, 0.4) is 0 Å². The van der Waals surface area contributed by atoms with Gasteiger partial charge in [0.1, 0.15) is 0 Å². The van der Waals surface area contributed by atoms with Gasteiger partial charge in [-0.15, -0.1) is 0 Å². The van der Waals surface area contributed by atoms with Crippen LogP contribution in [0.4, 0.5) is 0 Å². The van der Waals surface area contributed by atoms with Gasteiger partial charge in [-0.3, -0.25) is 0 Å². The molecule has 0 amide bonds. The van der Waals surface area contributed by atoms with E-state index >= 15 is 0 Å². The van der Waals surface area contributed by atoms with Gasteiger partial charge >= 0.3 is 6.92 Å². The SMILES string of the molecule is CCCC(O)B(O)c1ccccc1. The molecule has 1 unspecified atom stereocenters. The molecule has 0 aliphatic rings. The molecule has 0 aliphatic heterocycles. The molecule has 0 fully saturated rings. The van der Waals surface area contributed by atoms with Crippen molar-refractivity contribution in [3.8, 4) is 0 Å². The van der Waals surface area contributed by atoms with Crippen LogP contribution in [0.15, 0.2) is 30.3 Å². The lowest BCUT2D eigenvalue weighted by Gasteiger charge is -2.12. The summed E-state index contributed by atoms with van der Waals surface area (Å²) < 4.78 is 0. The van der Waals surface area contributed by atoms with E-state index in [0.29, 0.717) is 6.42 Å². The fraction of sp³-hybridized carbons (Fsp3) is 0.400. The maximum atomic E-state index is 9.67. The van der Waals surface area contributed by atoms with Crippen LogP contribution in [-0.4, -0.2) is 23.0 Å². The van der Waals surface area contributed by atoms with Crippen LogP contribution in [0.25, 0.3) is 0 Å². The number of hydrogen-bond acceptors (Lipinski definition) is 2. The van der Waals surface area contributed by atoms with Gasteiger partial charge in [-0.05, 0) is 11.9 Å². The average molecular weight is 178 g/mol. The highest BCUT2D eigenvalue weighted by Crippen LogP contribution is 1.99. The van der Waals surface area contributed by atoms with E-state index in [1.165, 1.54) is 0 Å². The van der Waals surface area contributed by atoms with E-state index in [1.807, 2.05) is 37.3 Å². The second kappa shape index (κ2) is 5.05. The van der Waals surface area contributed by atoms with Crippen LogP contribution in [-0.2, 0) is 0 Å². The Kier molecular flexibility index (Phi) is 3.99. The zero-order valence-electron chi connectivity index (χ0n) is 7.85. The first-order valence-corrected chi connectivity index (χ1v) is 4.66. The average Bonchev–Trinajstić information content (AvgIpc) is 2.18. The van der Waals surface area contributed by atoms with E-state index in [4.69, 9.17) is 0 Å². The lowest BCUT2D eigenvalue weighted by molar-refractivity contribution is 0.221. The van der Waals surface area contributed by atoms with Gasteiger partial charge in [0, 0.05) is 0 Å². The highest BCUT2D eigenvalue weighted by atomic mass is 16.3. The van der Waals surface area contributed by atoms with Gasteiger partial charge in [0.15, 0.2) is 0 Å². The van der Waals surface area contributed by atoms with Crippen molar-refractivity contribution in [1.29, 1.82) is 0 Å². The summed E-state index contributed by atoms with van der Waals surface area (Å²) in [5.41, 5.74) is 0.781. The zero-order chi connectivity index (χ0) is 9.68. The van der Waals surface area contributed by atoms with Crippen molar-refractivity contribution in [2.75, 3.05) is 0 Å². The minimum Gasteiger partial charge on any atom is -0.445 e. The van der Waals surface area contributed by atoms with Crippen LogP contribution in [0.2, 0.25) is 0 Å². The summed E-state index contributed by atoms with van der Waals surface area (Å²) in [5, 5.41) is 19.2. The van der Waals surface area contributed by atoms with E-state index in [9.17, 15) is 10.1 Å². The molecule has 1 atom stereocenters. The molecule has 0 spiro atoms. The summed E-state index contributed by atoms with van der Waals surface area (Å²) in [6.07, 6.45) is 1.52. The predicted molar refractivity (Wildman–Crippen MR) is 55.0 cm³/mol. The van der Waals surface area contributed by atoms with Crippen molar-refractivity contribution < 1.29 is 10.1 Å². The molecule has 1 aromatic rings. The molecule has 0 aliphatic carbocycles. The minimum absolute atomic E-state index is 0.635. The van der Waals surface area contributed by atoms with Crippen molar-refractivity contribution in [3.63, 3.8) is 0 Å². The fourth-order valence-electron chi connectivity index (χ4n) is 1.33. The number of aliphatic hydroxyl groups excluding tert-OH is 1. The summed E-state index contributed by atoms with van der Waals surface area (Å²) in [7, 11) is 0. The topological polar surface area (TPSA) is 40.5 Å². The summed E-state index contributed by atoms with van der Waals surface area (Å²) in [5.74, 6) is 0. The Balaban J connectivity index is 2.62. The molecular formula is C10H15BO2. The van der Waals surface area contributed by atoms with Gasteiger partial charge in [-0.25, -0.2) is 0 Å². The maximum Gasteiger partial charge on any atom is 0.353 e. The monoisotopic (exact) mass is 178 g/mol. The fourth-order valence-corrected chi connectivity index (χ4v) is 1.33. The molecule has 1 rings (SSSR count). The van der Waals surface area contributed by atoms with E-state index in [0.717, 1.165) is 11.9 Å². The van der Waals surface area contributed by atoms with Crippen molar-refractivity contribution in [2.45, 2.75) is 25.8 Å². The predicted octanol–water partition coefficient (Wildman–Crippen LogP) is 0.578. The van der Waals surface area contributed by atoms with E-state index in [-0.39, 0.29) is 0 Å². The van der Waals surface area contributed by atoms with Crippen molar-refractivity contribution in [2.24, 2.45) is 0 Å². The Morgan fingerprint density at radius 2 is 1.92 bits per heavy atom. The highest BCUT2D eigenvalue weighted by Gasteiger charge is 2.22. The lowest BCUT2D eigenvalue weighted by Crippen LogP contribution is -2.42. The number of rotatable bonds is 4. The van der Waals surface area contributed by atoms with Gasteiger partial charge in [0.2, 0.25) is 0 Å². The van der Waals surface area contributed by atoms with E-state index < -0.39 is 12.9 Å². The molecule has 2 N–H and O–H groups in total. The Bertz CT molecular complexity index is 238. The smallest absolute Gasteiger partial charge is 0.353 e. The molecule has 3 heteroatoms. The molecule has 13 heavy (non-hydrogen) atoms. The molecular weight excluding hydrogens is 163 g/mol. The maximum absolute atomic E-state index is 9.67. The van der Waals surface area contributed by atoms with Crippen molar-refractivity contribution in [3.05, 3.63) is 30.3 Å². The largest absolute Gasteiger partial charge is 0.445 e. The zero-order valence-corrected chi connectivity index (χ0v) is 7.85. The number of benzene rings is 1. The first-order chi connectivity index (χ1) is 6.25. The summed E-state index contributed by atoms with van der Waals surface area (Å²) in [6, 6.07) is 8.61. The summed E-state index contributed by atoms with van der Waals surface area (Å²) in [6.45, 7) is 1.24. The molecule has 0 aromatic heterocycles. The first kappa shape index (κ1) is 10.3. The van der Waals surface area contributed by atoms with Crippen LogP contribution < -0.4 is 5.46 Å². The minimum atomic E-state index is -0.749. The third-order valence-electron chi connectivity index (χ3n) is 2.09. The van der Waals surface area contributed by atoms with Gasteiger partial charge in [0.05, 0.1) is 6.00 Å². The Morgan fingerprint density at radius 1 is 1.31 bits per heavy atom. The van der Waals surface area contributed by atoms with E-state index in [1.54, 1.807) is 0 Å². The van der Waals surface area contributed by atoms with Crippen LogP contribution >= 0.6 is 0 Å².